The number of benzene rings is 1. The van der Waals surface area contributed by atoms with Crippen LogP contribution in [0.25, 0.3) is 0 Å². The lowest BCUT2D eigenvalue weighted by Crippen LogP contribution is -2.31. The summed E-state index contributed by atoms with van der Waals surface area (Å²) in [7, 11) is 0. The number of H-pyrrole nitrogens is 1. The fourth-order valence-electron chi connectivity index (χ4n) is 3.46. The molecule has 2 N–H and O–H groups in total. The molecule has 1 atom stereocenters. The molecule has 3 heterocycles. The van der Waals surface area contributed by atoms with Crippen molar-refractivity contribution in [2.24, 2.45) is 0 Å². The van der Waals surface area contributed by atoms with Crippen molar-refractivity contribution in [3.05, 3.63) is 101 Å². The molecule has 0 saturated carbocycles. The Balaban J connectivity index is 1.79. The first-order valence-corrected chi connectivity index (χ1v) is 9.01. The number of nitrogens with one attached hydrogen (secondary N) is 1. The summed E-state index contributed by atoms with van der Waals surface area (Å²) in [4.78, 5) is 30.3. The number of amides is 1. The summed E-state index contributed by atoms with van der Waals surface area (Å²) in [5.74, 6) is -1.76. The minimum absolute atomic E-state index is 0.0267. The summed E-state index contributed by atoms with van der Waals surface area (Å²) in [6.07, 6.45) is 3.46. The number of aromatic nitrogens is 1. The molecular formula is C22H18FN2O4+. The zero-order valence-corrected chi connectivity index (χ0v) is 15.6. The highest BCUT2D eigenvalue weighted by molar-refractivity contribution is 6.15. The molecule has 4 rings (SSSR count). The highest BCUT2D eigenvalue weighted by Crippen LogP contribution is 2.40. The molecular weight excluding hydrogens is 375 g/mol. The van der Waals surface area contributed by atoms with Crippen LogP contribution >= 0.6 is 0 Å². The number of furan rings is 1. The van der Waals surface area contributed by atoms with E-state index in [0.29, 0.717) is 11.3 Å². The molecule has 0 saturated heterocycles. The lowest BCUT2D eigenvalue weighted by molar-refractivity contribution is -0.378. The average molecular weight is 393 g/mol. The molecule has 146 valence electrons. The first-order valence-electron chi connectivity index (χ1n) is 9.01. The lowest BCUT2D eigenvalue weighted by atomic mass is 9.95. The van der Waals surface area contributed by atoms with Gasteiger partial charge in [-0.15, -0.1) is 0 Å². The third-order valence-electron chi connectivity index (χ3n) is 4.82. The van der Waals surface area contributed by atoms with Gasteiger partial charge in [-0.25, -0.2) is 9.37 Å². The Morgan fingerprint density at radius 1 is 1.21 bits per heavy atom. The molecule has 1 unspecified atom stereocenters. The van der Waals surface area contributed by atoms with E-state index in [0.717, 1.165) is 5.56 Å². The summed E-state index contributed by atoms with van der Waals surface area (Å²) in [6.45, 7) is 1.84. The van der Waals surface area contributed by atoms with Gasteiger partial charge in [-0.3, -0.25) is 9.59 Å². The summed E-state index contributed by atoms with van der Waals surface area (Å²) in [5.41, 5.74) is 1.20. The van der Waals surface area contributed by atoms with Crippen LogP contribution < -0.4 is 4.98 Å². The van der Waals surface area contributed by atoms with Gasteiger partial charge in [0.2, 0.25) is 5.78 Å². The van der Waals surface area contributed by atoms with E-state index >= 15 is 0 Å². The Hall–Kier alpha value is -3.74. The topological polar surface area (TPSA) is 84.9 Å². The SMILES string of the molecule is Cc1ccc(C(=O)C2=C(O)C(=O)N(Cc3ccc[nH+]c3)C2c2ccc(F)cc2)o1. The molecule has 1 amide bonds. The van der Waals surface area contributed by atoms with Crippen molar-refractivity contribution in [2.45, 2.75) is 19.5 Å². The maximum absolute atomic E-state index is 13.5. The van der Waals surface area contributed by atoms with Crippen LogP contribution in [0.4, 0.5) is 4.39 Å². The van der Waals surface area contributed by atoms with Gasteiger partial charge in [0.1, 0.15) is 11.6 Å². The molecule has 1 aliphatic heterocycles. The van der Waals surface area contributed by atoms with Gasteiger partial charge in [0.05, 0.1) is 18.2 Å². The summed E-state index contributed by atoms with van der Waals surface area (Å²) in [5, 5.41) is 10.6. The first kappa shape index (κ1) is 18.6. The third kappa shape index (κ3) is 3.42. The second kappa shape index (κ2) is 7.35. The number of ketones is 1. The largest absolute Gasteiger partial charge is 0.503 e. The van der Waals surface area contributed by atoms with E-state index in [1.54, 1.807) is 31.5 Å². The van der Waals surface area contributed by atoms with Crippen molar-refractivity contribution >= 4 is 11.7 Å². The van der Waals surface area contributed by atoms with Gasteiger partial charge in [-0.2, -0.15) is 0 Å². The fourth-order valence-corrected chi connectivity index (χ4v) is 3.46. The molecule has 0 bridgehead atoms. The fraction of sp³-hybridized carbons (Fsp3) is 0.136. The number of carbonyl (C=O) groups excluding carboxylic acids is 2. The van der Waals surface area contributed by atoms with Gasteiger partial charge < -0.3 is 14.4 Å². The van der Waals surface area contributed by atoms with Crippen LogP contribution in [0.1, 0.15) is 33.5 Å². The second-order valence-electron chi connectivity index (χ2n) is 6.80. The van der Waals surface area contributed by atoms with Crippen LogP contribution in [0.5, 0.6) is 0 Å². The highest BCUT2D eigenvalue weighted by atomic mass is 19.1. The number of nitrogens with zero attached hydrogens (tertiary/aromatic N) is 1. The van der Waals surface area contributed by atoms with Crippen LogP contribution in [0.3, 0.4) is 0 Å². The second-order valence-corrected chi connectivity index (χ2v) is 6.80. The van der Waals surface area contributed by atoms with E-state index in [1.165, 1.54) is 35.2 Å². The molecule has 0 fully saturated rings. The predicted octanol–water partition coefficient (Wildman–Crippen LogP) is 3.32. The number of hydrogen-bond acceptors (Lipinski definition) is 4. The molecule has 0 radical (unpaired) electrons. The highest BCUT2D eigenvalue weighted by Gasteiger charge is 2.44. The Morgan fingerprint density at radius 3 is 2.59 bits per heavy atom. The number of halogens is 1. The molecule has 0 aliphatic carbocycles. The third-order valence-corrected chi connectivity index (χ3v) is 4.82. The molecule has 1 aliphatic rings. The summed E-state index contributed by atoms with van der Waals surface area (Å²) < 4.78 is 18.9. The number of aliphatic hydroxyl groups excluding tert-OH is 1. The van der Waals surface area contributed by atoms with E-state index in [4.69, 9.17) is 4.42 Å². The number of aryl methyl sites for hydroxylation is 1. The van der Waals surface area contributed by atoms with Crippen LogP contribution in [-0.4, -0.2) is 21.7 Å². The maximum atomic E-state index is 13.5. The molecule has 29 heavy (non-hydrogen) atoms. The van der Waals surface area contributed by atoms with Crippen LogP contribution in [0.15, 0.2) is 76.7 Å². The number of carbonyl (C=O) groups is 2. The Morgan fingerprint density at radius 2 is 1.97 bits per heavy atom. The standard InChI is InChI=1S/C22H17FN2O4/c1-13-4-9-17(29-13)20(26)18-19(15-5-7-16(23)8-6-15)25(22(28)21(18)27)12-14-3-2-10-24-11-14/h2-11,19,27H,12H2,1H3/p+1. The first-order chi connectivity index (χ1) is 14.0. The lowest BCUT2D eigenvalue weighted by Gasteiger charge is -2.26. The van der Waals surface area contributed by atoms with E-state index in [-0.39, 0.29) is 17.9 Å². The molecule has 7 heteroatoms. The predicted molar refractivity (Wildman–Crippen MR) is 100 cm³/mol. The van der Waals surface area contributed by atoms with Crippen LogP contribution in [0.2, 0.25) is 0 Å². The molecule has 6 nitrogen and oxygen atoms in total. The van der Waals surface area contributed by atoms with Crippen molar-refractivity contribution in [1.29, 1.82) is 0 Å². The number of pyridine rings is 1. The minimum Gasteiger partial charge on any atom is -0.503 e. The zero-order valence-electron chi connectivity index (χ0n) is 15.6. The van der Waals surface area contributed by atoms with Crippen molar-refractivity contribution < 1.29 is 28.5 Å². The van der Waals surface area contributed by atoms with E-state index in [1.807, 2.05) is 6.07 Å². The quantitative estimate of drug-likeness (QED) is 0.674. The number of rotatable bonds is 5. The van der Waals surface area contributed by atoms with Crippen molar-refractivity contribution in [3.8, 4) is 0 Å². The van der Waals surface area contributed by atoms with Gasteiger partial charge in [0, 0.05) is 11.6 Å². The molecule has 1 aromatic carbocycles. The van der Waals surface area contributed by atoms with Crippen LogP contribution in [0, 0.1) is 12.7 Å². The molecule has 2 aromatic heterocycles. The molecule has 0 spiro atoms. The Kier molecular flexibility index (Phi) is 4.72. The number of hydrogen-bond donors (Lipinski definition) is 1. The van der Waals surface area contributed by atoms with Gasteiger partial charge >= 0.3 is 0 Å². The van der Waals surface area contributed by atoms with Gasteiger partial charge in [-0.1, -0.05) is 12.1 Å². The van der Waals surface area contributed by atoms with Crippen molar-refractivity contribution in [1.82, 2.24) is 4.90 Å². The van der Waals surface area contributed by atoms with E-state index in [9.17, 15) is 19.1 Å². The smallest absolute Gasteiger partial charge is 0.290 e. The van der Waals surface area contributed by atoms with E-state index < -0.39 is 29.3 Å². The normalized spacial score (nSPS) is 16.6. The van der Waals surface area contributed by atoms with Gasteiger partial charge in [0.25, 0.3) is 5.91 Å². The zero-order chi connectivity index (χ0) is 20.5. The minimum atomic E-state index is -0.874. The van der Waals surface area contributed by atoms with Gasteiger partial charge in [-0.05, 0) is 42.8 Å². The summed E-state index contributed by atoms with van der Waals surface area (Å²) >= 11 is 0. The Labute approximate surface area is 165 Å². The number of aromatic amines is 1. The maximum Gasteiger partial charge on any atom is 0.290 e. The average Bonchev–Trinajstić information content (AvgIpc) is 3.26. The monoisotopic (exact) mass is 393 g/mol. The number of Topliss-reactive ketones (excluding diaryl/α,β-unsaturated/α-hetero) is 1. The Bertz CT molecular complexity index is 1100. The summed E-state index contributed by atoms with van der Waals surface area (Å²) in [6, 6.07) is 11.4. The number of aliphatic hydroxyl groups is 1. The van der Waals surface area contributed by atoms with E-state index in [2.05, 4.69) is 4.98 Å². The molecule has 3 aromatic rings. The van der Waals surface area contributed by atoms with Crippen molar-refractivity contribution in [3.63, 3.8) is 0 Å². The van der Waals surface area contributed by atoms with Crippen molar-refractivity contribution in [2.75, 3.05) is 0 Å². The van der Waals surface area contributed by atoms with Crippen LogP contribution in [-0.2, 0) is 11.3 Å². The van der Waals surface area contributed by atoms with Gasteiger partial charge in [0.15, 0.2) is 23.9 Å².